The molecule has 194 valence electrons. The number of aromatic nitrogens is 3. The number of nitriles is 1. The van der Waals surface area contributed by atoms with Gasteiger partial charge in [-0.3, -0.25) is 4.90 Å². The Morgan fingerprint density at radius 3 is 2.82 bits per heavy atom. The summed E-state index contributed by atoms with van der Waals surface area (Å²) in [5.41, 5.74) is 3.86. The molecule has 0 saturated carbocycles. The van der Waals surface area contributed by atoms with Crippen LogP contribution in [0, 0.1) is 17.1 Å². The summed E-state index contributed by atoms with van der Waals surface area (Å²) >= 11 is 0. The molecule has 0 radical (unpaired) electrons. The van der Waals surface area contributed by atoms with Crippen molar-refractivity contribution < 1.29 is 13.9 Å². The van der Waals surface area contributed by atoms with Crippen molar-refractivity contribution in [2.75, 3.05) is 50.9 Å². The van der Waals surface area contributed by atoms with Crippen LogP contribution in [0.25, 0.3) is 16.9 Å². The largest absolute Gasteiger partial charge is 0.491 e. The molecule has 0 amide bonds. The normalized spacial score (nSPS) is 18.1. The van der Waals surface area contributed by atoms with Gasteiger partial charge in [0.15, 0.2) is 5.65 Å². The maximum atomic E-state index is 13.9. The smallest absolute Gasteiger partial charge is 0.154 e. The highest BCUT2D eigenvalue weighted by Crippen LogP contribution is 2.36. The van der Waals surface area contributed by atoms with E-state index in [0.29, 0.717) is 17.9 Å². The number of anilines is 1. The zero-order valence-electron chi connectivity index (χ0n) is 21.1. The molecule has 0 spiro atoms. The van der Waals surface area contributed by atoms with E-state index in [-0.39, 0.29) is 11.9 Å². The van der Waals surface area contributed by atoms with Gasteiger partial charge in [-0.1, -0.05) is 18.2 Å². The Hall–Kier alpha value is -4.00. The number of nitrogens with zero attached hydrogens (tertiary/aromatic N) is 6. The van der Waals surface area contributed by atoms with Crippen molar-refractivity contribution in [3.8, 4) is 23.1 Å². The van der Waals surface area contributed by atoms with Crippen LogP contribution in [0.3, 0.4) is 0 Å². The molecule has 6 rings (SSSR count). The molecular formula is C29H29FN6O2. The van der Waals surface area contributed by atoms with Crippen molar-refractivity contribution in [1.82, 2.24) is 19.5 Å². The van der Waals surface area contributed by atoms with Crippen LogP contribution in [0.2, 0.25) is 0 Å². The molecule has 4 aromatic rings. The first-order valence-corrected chi connectivity index (χ1v) is 13.0. The number of rotatable bonds is 7. The molecule has 2 saturated heterocycles. The van der Waals surface area contributed by atoms with Gasteiger partial charge in [0.2, 0.25) is 0 Å². The molecule has 8 nitrogen and oxygen atoms in total. The third kappa shape index (κ3) is 4.93. The lowest BCUT2D eigenvalue weighted by Crippen LogP contribution is -2.38. The van der Waals surface area contributed by atoms with Crippen LogP contribution in [-0.2, 0) is 4.74 Å². The van der Waals surface area contributed by atoms with E-state index in [9.17, 15) is 9.65 Å². The average Bonchev–Trinajstić information content (AvgIpc) is 3.61. The molecule has 1 unspecified atom stereocenters. The van der Waals surface area contributed by atoms with Gasteiger partial charge in [0.1, 0.15) is 30.1 Å². The molecule has 0 N–H and O–H groups in total. The second kappa shape index (κ2) is 10.8. The molecule has 38 heavy (non-hydrogen) atoms. The summed E-state index contributed by atoms with van der Waals surface area (Å²) in [6.45, 7) is 5.38. The highest BCUT2D eigenvalue weighted by Gasteiger charge is 2.28. The molecule has 4 heterocycles. The molecular weight excluding hydrogens is 483 g/mol. The van der Waals surface area contributed by atoms with Gasteiger partial charge in [0.25, 0.3) is 0 Å². The van der Waals surface area contributed by atoms with E-state index < -0.39 is 0 Å². The Bertz CT molecular complexity index is 1480. The number of ether oxygens (including phenoxy) is 2. The van der Waals surface area contributed by atoms with E-state index in [4.69, 9.17) is 14.6 Å². The van der Waals surface area contributed by atoms with Gasteiger partial charge in [-0.25, -0.2) is 13.9 Å². The van der Waals surface area contributed by atoms with E-state index >= 15 is 0 Å². The first-order valence-electron chi connectivity index (χ1n) is 13.0. The van der Waals surface area contributed by atoms with E-state index in [1.165, 1.54) is 6.07 Å². The Morgan fingerprint density at radius 1 is 1.08 bits per heavy atom. The third-order valence-corrected chi connectivity index (χ3v) is 7.30. The maximum absolute atomic E-state index is 13.9. The van der Waals surface area contributed by atoms with Gasteiger partial charge in [-0.15, -0.1) is 5.10 Å². The summed E-state index contributed by atoms with van der Waals surface area (Å²) < 4.78 is 27.2. The van der Waals surface area contributed by atoms with Crippen LogP contribution in [0.15, 0.2) is 60.8 Å². The molecule has 0 bridgehead atoms. The SMILES string of the molecule is N#Cc1ccc(-c2cnc3ccc(N4CCCC4c4cccc(F)c4)nn23)cc1OCCN1CCOCC1. The van der Waals surface area contributed by atoms with Crippen LogP contribution < -0.4 is 9.64 Å². The van der Waals surface area contributed by atoms with Crippen LogP contribution >= 0.6 is 0 Å². The highest BCUT2D eigenvalue weighted by molar-refractivity contribution is 5.67. The lowest BCUT2D eigenvalue weighted by Gasteiger charge is -2.26. The molecule has 0 aliphatic carbocycles. The van der Waals surface area contributed by atoms with Crippen molar-refractivity contribution in [1.29, 1.82) is 5.26 Å². The zero-order valence-corrected chi connectivity index (χ0v) is 21.1. The van der Waals surface area contributed by atoms with E-state index in [1.807, 2.05) is 34.8 Å². The minimum Gasteiger partial charge on any atom is -0.491 e. The fourth-order valence-electron chi connectivity index (χ4n) is 5.32. The Morgan fingerprint density at radius 2 is 1.97 bits per heavy atom. The average molecular weight is 513 g/mol. The summed E-state index contributed by atoms with van der Waals surface area (Å²) in [7, 11) is 0. The molecule has 2 fully saturated rings. The lowest BCUT2D eigenvalue weighted by molar-refractivity contribution is 0.0322. The maximum Gasteiger partial charge on any atom is 0.154 e. The van der Waals surface area contributed by atoms with Crippen LogP contribution in [0.1, 0.15) is 30.0 Å². The van der Waals surface area contributed by atoms with Crippen molar-refractivity contribution >= 4 is 11.5 Å². The molecule has 2 aliphatic heterocycles. The van der Waals surface area contributed by atoms with Crippen LogP contribution in [0.4, 0.5) is 10.2 Å². The summed E-state index contributed by atoms with van der Waals surface area (Å²) in [5, 5.41) is 14.6. The summed E-state index contributed by atoms with van der Waals surface area (Å²) in [6, 6.07) is 18.6. The van der Waals surface area contributed by atoms with Gasteiger partial charge in [0, 0.05) is 31.7 Å². The monoisotopic (exact) mass is 512 g/mol. The minimum absolute atomic E-state index is 0.0732. The van der Waals surface area contributed by atoms with E-state index in [0.717, 1.165) is 80.5 Å². The van der Waals surface area contributed by atoms with Gasteiger partial charge in [-0.2, -0.15) is 5.26 Å². The van der Waals surface area contributed by atoms with Crippen LogP contribution in [-0.4, -0.2) is 65.5 Å². The van der Waals surface area contributed by atoms with Crippen molar-refractivity contribution in [2.24, 2.45) is 0 Å². The molecule has 2 aromatic carbocycles. The highest BCUT2D eigenvalue weighted by atomic mass is 19.1. The summed E-state index contributed by atoms with van der Waals surface area (Å²) in [5.74, 6) is 1.15. The second-order valence-corrected chi connectivity index (χ2v) is 9.64. The number of hydrogen-bond acceptors (Lipinski definition) is 7. The van der Waals surface area contributed by atoms with Crippen molar-refractivity contribution in [3.63, 3.8) is 0 Å². The molecule has 2 aromatic heterocycles. The number of halogens is 1. The first kappa shape index (κ1) is 24.3. The number of morpholine rings is 1. The summed E-state index contributed by atoms with van der Waals surface area (Å²) in [6.07, 6.45) is 3.75. The minimum atomic E-state index is -0.224. The van der Waals surface area contributed by atoms with Crippen LogP contribution in [0.5, 0.6) is 5.75 Å². The Balaban J connectivity index is 1.27. The lowest BCUT2D eigenvalue weighted by atomic mass is 10.0. The quantitative estimate of drug-likeness (QED) is 0.362. The standard InChI is InChI=1S/C29H29FN6O2/c30-24-4-1-3-21(17-24)25-5-2-10-35(25)29-9-8-28-32-20-26(36(28)33-29)22-6-7-23(19-31)27(18-22)38-16-13-34-11-14-37-15-12-34/h1,3-4,6-9,17-18,20,25H,2,5,10-16H2. The number of fused-ring (bicyclic) bond motifs is 1. The molecule has 1 atom stereocenters. The topological polar surface area (TPSA) is 78.9 Å². The first-order chi connectivity index (χ1) is 18.7. The fraction of sp³-hybridized carbons (Fsp3) is 0.345. The predicted octanol–water partition coefficient (Wildman–Crippen LogP) is 4.46. The zero-order chi connectivity index (χ0) is 25.9. The van der Waals surface area contributed by atoms with Crippen molar-refractivity contribution in [3.05, 3.63) is 77.7 Å². The fourth-order valence-corrected chi connectivity index (χ4v) is 5.32. The van der Waals surface area contributed by atoms with Crippen molar-refractivity contribution in [2.45, 2.75) is 18.9 Å². The van der Waals surface area contributed by atoms with Gasteiger partial charge in [0.05, 0.1) is 36.7 Å². The Kier molecular flexibility index (Phi) is 6.90. The predicted molar refractivity (Wildman–Crippen MR) is 142 cm³/mol. The van der Waals surface area contributed by atoms with Gasteiger partial charge < -0.3 is 14.4 Å². The molecule has 2 aliphatic rings. The Labute approximate surface area is 220 Å². The number of benzene rings is 2. The van der Waals surface area contributed by atoms with Gasteiger partial charge in [-0.05, 0) is 54.8 Å². The number of hydrogen-bond donors (Lipinski definition) is 0. The van der Waals surface area contributed by atoms with E-state index in [2.05, 4.69) is 20.9 Å². The van der Waals surface area contributed by atoms with Gasteiger partial charge >= 0.3 is 0 Å². The van der Waals surface area contributed by atoms with E-state index in [1.54, 1.807) is 24.4 Å². The number of imidazole rings is 1. The molecule has 9 heteroatoms. The second-order valence-electron chi connectivity index (χ2n) is 9.64. The third-order valence-electron chi connectivity index (χ3n) is 7.30. The summed E-state index contributed by atoms with van der Waals surface area (Å²) in [4.78, 5) is 9.08.